The summed E-state index contributed by atoms with van der Waals surface area (Å²) in [5.41, 5.74) is 0. The van der Waals surface area contributed by atoms with E-state index in [-0.39, 0.29) is 0 Å². The minimum Gasteiger partial charge on any atom is -0.518 e. The summed E-state index contributed by atoms with van der Waals surface area (Å²) in [7, 11) is -8.59. The molecule has 154 valence electrons. The third-order valence-electron chi connectivity index (χ3n) is 2.51. The van der Waals surface area contributed by atoms with E-state index in [1.165, 1.54) is 0 Å². The van der Waals surface area contributed by atoms with Crippen LogP contribution in [0.4, 0.5) is 0 Å². The van der Waals surface area contributed by atoms with Crippen LogP contribution in [0.2, 0.25) is 78.6 Å². The van der Waals surface area contributed by atoms with E-state index in [4.69, 9.17) is 17.7 Å². The maximum absolute atomic E-state index is 12.9. The van der Waals surface area contributed by atoms with Gasteiger partial charge in [-0.05, 0) is 78.6 Å². The predicted molar refractivity (Wildman–Crippen MR) is 115 cm³/mol. The van der Waals surface area contributed by atoms with Gasteiger partial charge in [0.05, 0.1) is 0 Å². The molecule has 10 heteroatoms. The Morgan fingerprint density at radius 2 is 0.731 bits per heavy atom. The van der Waals surface area contributed by atoms with Crippen LogP contribution < -0.4 is 0 Å². The lowest BCUT2D eigenvalue weighted by Gasteiger charge is -2.35. The normalized spacial score (nSPS) is 16.0. The first-order valence-corrected chi connectivity index (χ1v) is 22.6. The molecule has 0 spiro atoms. The Bertz CT molecular complexity index is 451. The Balaban J connectivity index is 5.89. The summed E-state index contributed by atoms with van der Waals surface area (Å²) in [6.45, 7) is 23.3. The van der Waals surface area contributed by atoms with Gasteiger partial charge in [-0.1, -0.05) is 0 Å². The van der Waals surface area contributed by atoms with Crippen LogP contribution in [0.1, 0.15) is 0 Å². The minimum atomic E-state index is -2.15. The van der Waals surface area contributed by atoms with Gasteiger partial charge in [0.15, 0.2) is 28.8 Å². The molecule has 0 radical (unpaired) electrons. The highest BCUT2D eigenvalue weighted by Gasteiger charge is 2.44. The number of carbonyl (C=O) groups is 2. The molecule has 0 rings (SSSR count). The summed E-state index contributed by atoms with van der Waals surface area (Å²) >= 11 is 0. The van der Waals surface area contributed by atoms with Crippen LogP contribution in [0.3, 0.4) is 0 Å². The monoisotopic (exact) mass is 438 g/mol. The first kappa shape index (κ1) is 25.7. The highest BCUT2D eigenvalue weighted by atomic mass is 28.4. The van der Waals surface area contributed by atoms with Crippen molar-refractivity contribution in [1.82, 2.24) is 0 Å². The fourth-order valence-electron chi connectivity index (χ4n) is 1.95. The van der Waals surface area contributed by atoms with Crippen LogP contribution in [0, 0.1) is 0 Å². The van der Waals surface area contributed by atoms with Crippen molar-refractivity contribution >= 4 is 45.2 Å². The van der Waals surface area contributed by atoms with Crippen molar-refractivity contribution in [2.24, 2.45) is 0 Å². The van der Waals surface area contributed by atoms with E-state index in [9.17, 15) is 9.59 Å². The standard InChI is InChI=1S/C16H38O6Si4/c1-23(2,3)19-13(15(17)21-25(7,8)9)14(20-24(4,5)6)16(18)22-26(10,11)12/h13-14H,1-12H3/t13-,14+. The predicted octanol–water partition coefficient (Wildman–Crippen LogP) is 4.18. The number of hydrogen-bond acceptors (Lipinski definition) is 6. The summed E-state index contributed by atoms with van der Waals surface area (Å²) < 4.78 is 23.5. The molecule has 0 saturated heterocycles. The van der Waals surface area contributed by atoms with E-state index in [0.29, 0.717) is 0 Å². The largest absolute Gasteiger partial charge is 0.518 e. The maximum Gasteiger partial charge on any atom is 0.324 e. The van der Waals surface area contributed by atoms with Gasteiger partial charge >= 0.3 is 11.9 Å². The van der Waals surface area contributed by atoms with Crippen molar-refractivity contribution in [2.45, 2.75) is 90.8 Å². The molecule has 0 bridgehead atoms. The van der Waals surface area contributed by atoms with Crippen LogP contribution in [0.15, 0.2) is 0 Å². The van der Waals surface area contributed by atoms with Crippen LogP contribution in [0.5, 0.6) is 0 Å². The molecular weight excluding hydrogens is 401 g/mol. The van der Waals surface area contributed by atoms with E-state index in [0.717, 1.165) is 0 Å². The zero-order valence-electron chi connectivity index (χ0n) is 18.6. The summed E-state index contributed by atoms with van der Waals surface area (Å²) in [6.07, 6.45) is -2.19. The third kappa shape index (κ3) is 12.2. The average Bonchev–Trinajstić information content (AvgIpc) is 2.26. The number of hydrogen-bond donors (Lipinski definition) is 0. The van der Waals surface area contributed by atoms with Crippen molar-refractivity contribution in [3.63, 3.8) is 0 Å². The average molecular weight is 439 g/mol. The second kappa shape index (κ2) is 8.82. The molecular formula is C16H38O6Si4. The van der Waals surface area contributed by atoms with E-state index in [1.807, 2.05) is 78.6 Å². The van der Waals surface area contributed by atoms with Crippen molar-refractivity contribution in [3.8, 4) is 0 Å². The molecule has 0 aliphatic rings. The van der Waals surface area contributed by atoms with Gasteiger partial charge in [-0.25, -0.2) is 0 Å². The molecule has 2 atom stereocenters. The lowest BCUT2D eigenvalue weighted by atomic mass is 10.2. The highest BCUT2D eigenvalue weighted by Crippen LogP contribution is 2.22. The zero-order chi connectivity index (χ0) is 21.1. The molecule has 6 nitrogen and oxygen atoms in total. The smallest absolute Gasteiger partial charge is 0.324 e. The van der Waals surface area contributed by atoms with Crippen molar-refractivity contribution in [1.29, 1.82) is 0 Å². The molecule has 0 amide bonds. The number of rotatable bonds is 9. The third-order valence-corrected chi connectivity index (χ3v) is 6.06. The Kier molecular flexibility index (Phi) is 8.73. The topological polar surface area (TPSA) is 71.1 Å². The second-order valence-electron chi connectivity index (χ2n) is 10.4. The van der Waals surface area contributed by atoms with Gasteiger partial charge in [0.1, 0.15) is 0 Å². The van der Waals surface area contributed by atoms with Crippen LogP contribution in [0.25, 0.3) is 0 Å². The Hall–Kier alpha value is -0.272. The van der Waals surface area contributed by atoms with Gasteiger partial charge in [-0.2, -0.15) is 0 Å². The van der Waals surface area contributed by atoms with Crippen LogP contribution >= 0.6 is 0 Å². The van der Waals surface area contributed by atoms with Crippen molar-refractivity contribution in [3.05, 3.63) is 0 Å². The molecule has 0 aliphatic carbocycles. The van der Waals surface area contributed by atoms with Crippen LogP contribution in [-0.2, 0) is 27.3 Å². The minimum absolute atomic E-state index is 0.526. The summed E-state index contributed by atoms with van der Waals surface area (Å²) in [6, 6.07) is 0. The lowest BCUT2D eigenvalue weighted by Crippen LogP contribution is -2.55. The molecule has 0 fully saturated rings. The lowest BCUT2D eigenvalue weighted by molar-refractivity contribution is -0.160. The first-order chi connectivity index (χ1) is 11.2. The molecule has 0 aromatic rings. The van der Waals surface area contributed by atoms with Gasteiger partial charge in [0.2, 0.25) is 16.6 Å². The Morgan fingerprint density at radius 1 is 0.500 bits per heavy atom. The van der Waals surface area contributed by atoms with E-state index < -0.39 is 57.4 Å². The van der Waals surface area contributed by atoms with E-state index >= 15 is 0 Å². The fraction of sp³-hybridized carbons (Fsp3) is 0.875. The maximum atomic E-state index is 12.9. The van der Waals surface area contributed by atoms with Crippen molar-refractivity contribution in [2.75, 3.05) is 0 Å². The van der Waals surface area contributed by atoms with E-state index in [1.54, 1.807) is 0 Å². The molecule has 0 saturated carbocycles. The second-order valence-corrected chi connectivity index (χ2v) is 28.1. The molecule has 0 aliphatic heterocycles. The summed E-state index contributed by atoms with van der Waals surface area (Å²) in [5, 5.41) is 0. The SMILES string of the molecule is C[Si](C)(C)OC(=O)[C@@H](O[Si](C)(C)C)[C@@H](O[Si](C)(C)C)C(=O)O[Si](C)(C)C. The van der Waals surface area contributed by atoms with Gasteiger partial charge < -0.3 is 17.7 Å². The van der Waals surface area contributed by atoms with Crippen LogP contribution in [-0.4, -0.2) is 57.4 Å². The molecule has 0 aromatic heterocycles. The van der Waals surface area contributed by atoms with Gasteiger partial charge in [-0.3, -0.25) is 9.59 Å². The quantitative estimate of drug-likeness (QED) is 0.503. The fourth-order valence-corrected chi connectivity index (χ4v) is 5.35. The summed E-state index contributed by atoms with van der Waals surface area (Å²) in [4.78, 5) is 25.8. The molecule has 0 unspecified atom stereocenters. The molecule has 0 N–H and O–H groups in total. The molecule has 26 heavy (non-hydrogen) atoms. The molecule has 0 heterocycles. The molecule has 0 aromatic carbocycles. The Labute approximate surface area is 163 Å². The van der Waals surface area contributed by atoms with Gasteiger partial charge in [0, 0.05) is 0 Å². The van der Waals surface area contributed by atoms with E-state index in [2.05, 4.69) is 0 Å². The van der Waals surface area contributed by atoms with Crippen molar-refractivity contribution < 1.29 is 27.3 Å². The van der Waals surface area contributed by atoms with Gasteiger partial charge in [0.25, 0.3) is 0 Å². The Morgan fingerprint density at radius 3 is 0.885 bits per heavy atom. The zero-order valence-corrected chi connectivity index (χ0v) is 22.6. The highest BCUT2D eigenvalue weighted by molar-refractivity contribution is 6.72. The van der Waals surface area contributed by atoms with Gasteiger partial charge in [-0.15, -0.1) is 0 Å². The summed E-state index contributed by atoms with van der Waals surface area (Å²) in [5.74, 6) is -1.05. The first-order valence-electron chi connectivity index (χ1n) is 9.02. The number of carbonyl (C=O) groups excluding carboxylic acids is 2.